The third-order valence-corrected chi connectivity index (χ3v) is 5.85. The van der Waals surface area contributed by atoms with Crippen molar-refractivity contribution in [3.63, 3.8) is 0 Å². The minimum Gasteiger partial charge on any atom is -0.493 e. The van der Waals surface area contributed by atoms with Crippen molar-refractivity contribution in [2.75, 3.05) is 39.6 Å². The van der Waals surface area contributed by atoms with Gasteiger partial charge in [-0.1, -0.05) is 18.2 Å². The lowest BCUT2D eigenvalue weighted by molar-refractivity contribution is -0.897. The van der Waals surface area contributed by atoms with Gasteiger partial charge in [0.1, 0.15) is 36.8 Å². The normalized spacial score (nSPS) is 12.5. The van der Waals surface area contributed by atoms with Crippen molar-refractivity contribution in [1.82, 2.24) is 4.57 Å². The molecule has 2 aromatic carbocycles. The zero-order valence-corrected chi connectivity index (χ0v) is 18.4. The predicted molar refractivity (Wildman–Crippen MR) is 118 cm³/mol. The summed E-state index contributed by atoms with van der Waals surface area (Å²) in [4.78, 5) is 1.53. The predicted octanol–water partition coefficient (Wildman–Crippen LogP) is 1.19. The lowest BCUT2D eigenvalue weighted by Crippen LogP contribution is -3.11. The van der Waals surface area contributed by atoms with Crippen molar-refractivity contribution < 1.29 is 24.0 Å². The first-order chi connectivity index (χ1) is 14.5. The Bertz CT molecular complexity index is 982. The Morgan fingerprint density at radius 2 is 1.77 bits per heavy atom. The molecule has 30 heavy (non-hydrogen) atoms. The highest BCUT2D eigenvalue weighted by Crippen LogP contribution is 2.30. The smallest absolute Gasteiger partial charge is 0.356 e. The van der Waals surface area contributed by atoms with Gasteiger partial charge in [0.15, 0.2) is 11.5 Å². The van der Waals surface area contributed by atoms with E-state index in [0.29, 0.717) is 24.0 Å². The number of para-hydroxylation sites is 2. The number of nitrogens with one attached hydrogen (secondary N) is 1. The van der Waals surface area contributed by atoms with E-state index in [1.165, 1.54) is 4.90 Å². The molecule has 3 aromatic rings. The largest absolute Gasteiger partial charge is 0.493 e. The van der Waals surface area contributed by atoms with E-state index in [2.05, 4.69) is 24.5 Å². The van der Waals surface area contributed by atoms with Crippen molar-refractivity contribution in [2.45, 2.75) is 33.0 Å². The minimum atomic E-state index is -0.732. The Morgan fingerprint density at radius 1 is 1.07 bits per heavy atom. The molecule has 0 unspecified atom stereocenters. The zero-order chi connectivity index (χ0) is 21.7. The van der Waals surface area contributed by atoms with E-state index < -0.39 is 6.10 Å². The number of nitrogens with zero attached hydrogens (tertiary/aromatic N) is 2. The quantitative estimate of drug-likeness (QED) is 0.436. The maximum atomic E-state index is 11.0. The van der Waals surface area contributed by atoms with Crippen LogP contribution in [0.25, 0.3) is 11.0 Å². The zero-order valence-electron chi connectivity index (χ0n) is 18.4. The number of aliphatic hydroxyl groups is 1. The van der Waals surface area contributed by atoms with Gasteiger partial charge in [0.25, 0.3) is 0 Å². The van der Waals surface area contributed by atoms with Gasteiger partial charge in [-0.25, -0.2) is 9.13 Å². The molecule has 0 saturated heterocycles. The molecule has 0 saturated carbocycles. The van der Waals surface area contributed by atoms with Crippen LogP contribution in [-0.4, -0.2) is 43.5 Å². The Morgan fingerprint density at radius 3 is 2.43 bits per heavy atom. The summed E-state index contributed by atoms with van der Waals surface area (Å²) in [5.41, 5.74) is 9.43. The van der Waals surface area contributed by atoms with Gasteiger partial charge in [-0.15, -0.1) is 0 Å². The van der Waals surface area contributed by atoms with Gasteiger partial charge in [0, 0.05) is 0 Å². The Hall–Kier alpha value is -2.77. The Labute approximate surface area is 178 Å². The molecule has 0 amide bonds. The first kappa shape index (κ1) is 21.9. The molecule has 0 aliphatic heterocycles. The number of hydrogen-bond acceptors (Lipinski definition) is 4. The number of anilines is 1. The van der Waals surface area contributed by atoms with Crippen LogP contribution in [0, 0.1) is 0 Å². The summed E-state index contributed by atoms with van der Waals surface area (Å²) in [5, 5.41) is 11.0. The highest BCUT2D eigenvalue weighted by molar-refractivity contribution is 5.73. The van der Waals surface area contributed by atoms with Crippen LogP contribution in [0.3, 0.4) is 0 Å². The van der Waals surface area contributed by atoms with Crippen LogP contribution in [0.2, 0.25) is 0 Å². The Kier molecular flexibility index (Phi) is 7.18. The van der Waals surface area contributed by atoms with Crippen molar-refractivity contribution >= 4 is 17.0 Å². The molecule has 0 spiro atoms. The summed E-state index contributed by atoms with van der Waals surface area (Å²) in [7, 11) is 3.19. The number of aliphatic hydroxyl groups excluding tert-OH is 1. The summed E-state index contributed by atoms with van der Waals surface area (Å²) in [6, 6.07) is 13.6. The summed E-state index contributed by atoms with van der Waals surface area (Å²) in [6.45, 7) is 8.79. The van der Waals surface area contributed by atoms with E-state index in [0.717, 1.165) is 42.8 Å². The van der Waals surface area contributed by atoms with Crippen LogP contribution in [0.5, 0.6) is 11.5 Å². The van der Waals surface area contributed by atoms with E-state index in [1.807, 2.05) is 41.0 Å². The monoisotopic (exact) mass is 414 g/mol. The molecular formula is C23H34N4O3+2. The van der Waals surface area contributed by atoms with Gasteiger partial charge in [-0.2, -0.15) is 0 Å². The number of ether oxygens (including phenoxy) is 2. The second-order valence-corrected chi connectivity index (χ2v) is 7.45. The van der Waals surface area contributed by atoms with E-state index in [-0.39, 0.29) is 0 Å². The maximum Gasteiger partial charge on any atom is 0.356 e. The van der Waals surface area contributed by atoms with Crippen LogP contribution in [-0.2, 0) is 13.1 Å². The van der Waals surface area contributed by atoms with Crippen LogP contribution < -0.4 is 24.7 Å². The van der Waals surface area contributed by atoms with Crippen LogP contribution in [0.1, 0.15) is 25.5 Å². The number of benzene rings is 2. The standard InChI is InChI=1S/C23H32N4O3/c1-5-25(6-2)13-14-26-18-9-7-8-10-19(18)27(23(26)24)16-20(28)17-11-12-21(29-3)22(15-17)30-4/h7-12,15,20,24,28H,5-6,13-14,16H2,1-4H3/p+2/t20-/m1/s1. The second kappa shape index (κ2) is 9.82. The van der Waals surface area contributed by atoms with Crippen molar-refractivity contribution in [2.24, 2.45) is 0 Å². The first-order valence-electron chi connectivity index (χ1n) is 10.5. The van der Waals surface area contributed by atoms with Crippen molar-refractivity contribution in [1.29, 1.82) is 0 Å². The molecule has 0 bridgehead atoms. The average molecular weight is 415 g/mol. The number of hydrogen-bond donors (Lipinski definition) is 3. The molecule has 4 N–H and O–H groups in total. The summed E-state index contributed by atoms with van der Waals surface area (Å²) in [6.07, 6.45) is -0.732. The molecule has 0 fully saturated rings. The number of rotatable bonds is 10. The van der Waals surface area contributed by atoms with Gasteiger partial charge < -0.3 is 19.5 Å². The van der Waals surface area contributed by atoms with Crippen LogP contribution in [0.15, 0.2) is 42.5 Å². The fourth-order valence-corrected chi connectivity index (χ4v) is 3.95. The molecule has 0 radical (unpaired) electrons. The first-order valence-corrected chi connectivity index (χ1v) is 10.5. The fourth-order valence-electron chi connectivity index (χ4n) is 3.95. The molecule has 0 aliphatic carbocycles. The second-order valence-electron chi connectivity index (χ2n) is 7.45. The summed E-state index contributed by atoms with van der Waals surface area (Å²) in [5.74, 6) is 1.88. The topological polar surface area (TPSA) is 78.0 Å². The summed E-state index contributed by atoms with van der Waals surface area (Å²) >= 11 is 0. The third kappa shape index (κ3) is 4.37. The fraction of sp³-hybridized carbons (Fsp3) is 0.435. The van der Waals surface area contributed by atoms with Crippen LogP contribution >= 0.6 is 0 Å². The van der Waals surface area contributed by atoms with Gasteiger partial charge in [0.05, 0.1) is 27.3 Å². The summed E-state index contributed by atoms with van der Waals surface area (Å²) < 4.78 is 14.8. The number of likely N-dealkylation sites (N-methyl/N-ethyl adjacent to an activating group) is 1. The SMILES string of the molecule is CC[NH+](CC)CCn1c(N)[n+](C[C@@H](O)c2ccc(OC)c(OC)c2)c2ccccc21. The average Bonchev–Trinajstić information content (AvgIpc) is 3.05. The van der Waals surface area contributed by atoms with Crippen molar-refractivity contribution in [3.05, 3.63) is 48.0 Å². The van der Waals surface area contributed by atoms with Gasteiger partial charge in [-0.3, -0.25) is 5.73 Å². The highest BCUT2D eigenvalue weighted by atomic mass is 16.5. The molecule has 7 heteroatoms. The molecule has 0 aliphatic rings. The Balaban J connectivity index is 1.91. The number of imidazole rings is 1. The number of methoxy groups -OCH3 is 2. The number of aromatic nitrogens is 2. The van der Waals surface area contributed by atoms with Gasteiger partial charge in [-0.05, 0) is 43.7 Å². The number of quaternary nitrogens is 1. The molecular weight excluding hydrogens is 380 g/mol. The maximum absolute atomic E-state index is 11.0. The van der Waals surface area contributed by atoms with Gasteiger partial charge in [0.2, 0.25) is 0 Å². The lowest BCUT2D eigenvalue weighted by atomic mass is 10.1. The lowest BCUT2D eigenvalue weighted by Gasteiger charge is -2.15. The molecule has 1 heterocycles. The minimum absolute atomic E-state index is 0.354. The van der Waals surface area contributed by atoms with Crippen LogP contribution in [0.4, 0.5) is 5.95 Å². The van der Waals surface area contributed by atoms with E-state index in [1.54, 1.807) is 14.2 Å². The number of fused-ring (bicyclic) bond motifs is 1. The van der Waals surface area contributed by atoms with E-state index >= 15 is 0 Å². The van der Waals surface area contributed by atoms with E-state index in [4.69, 9.17) is 15.2 Å². The third-order valence-electron chi connectivity index (χ3n) is 5.85. The molecule has 3 rings (SSSR count). The molecule has 1 aromatic heterocycles. The number of nitrogen functional groups attached to an aromatic ring is 1. The number of nitrogens with two attached hydrogens (primary N) is 1. The highest BCUT2D eigenvalue weighted by Gasteiger charge is 2.24. The van der Waals surface area contributed by atoms with Gasteiger partial charge >= 0.3 is 5.95 Å². The van der Waals surface area contributed by atoms with Crippen molar-refractivity contribution in [3.8, 4) is 11.5 Å². The molecule has 7 nitrogen and oxygen atoms in total. The molecule has 162 valence electrons. The van der Waals surface area contributed by atoms with E-state index in [9.17, 15) is 5.11 Å². The molecule has 1 atom stereocenters.